The molecule has 1 N–H and O–H groups in total. The van der Waals surface area contributed by atoms with E-state index in [9.17, 15) is 4.39 Å². The Kier molecular flexibility index (Phi) is 4.55. The van der Waals surface area contributed by atoms with E-state index in [1.54, 1.807) is 6.07 Å². The number of ether oxygens (including phenoxy) is 1. The minimum atomic E-state index is -0.153. The summed E-state index contributed by atoms with van der Waals surface area (Å²) in [7, 11) is 1.95. The maximum Gasteiger partial charge on any atom is 0.146 e. The number of halogens is 1. The van der Waals surface area contributed by atoms with Gasteiger partial charge in [-0.25, -0.2) is 4.39 Å². The molecule has 0 spiro atoms. The SMILES string of the molecule is CCNCc1cccc(F)c1N(C)C1CCOC1. The molecule has 1 heterocycles. The average molecular weight is 252 g/mol. The highest BCUT2D eigenvalue weighted by Gasteiger charge is 2.24. The Morgan fingerprint density at radius 3 is 3.00 bits per heavy atom. The van der Waals surface area contributed by atoms with Crippen LogP contribution in [0.4, 0.5) is 10.1 Å². The number of likely N-dealkylation sites (N-methyl/N-ethyl adjacent to an activating group) is 1. The van der Waals surface area contributed by atoms with Crippen LogP contribution >= 0.6 is 0 Å². The number of hydrogen-bond acceptors (Lipinski definition) is 3. The van der Waals surface area contributed by atoms with Crippen molar-refractivity contribution in [3.05, 3.63) is 29.6 Å². The minimum Gasteiger partial charge on any atom is -0.379 e. The normalized spacial score (nSPS) is 19.2. The zero-order chi connectivity index (χ0) is 13.0. The second-order valence-electron chi connectivity index (χ2n) is 4.66. The first-order chi connectivity index (χ1) is 8.74. The van der Waals surface area contributed by atoms with Crippen molar-refractivity contribution in [1.29, 1.82) is 0 Å². The van der Waals surface area contributed by atoms with Gasteiger partial charge in [-0.1, -0.05) is 19.1 Å². The van der Waals surface area contributed by atoms with Gasteiger partial charge in [0.25, 0.3) is 0 Å². The van der Waals surface area contributed by atoms with Gasteiger partial charge in [0.1, 0.15) is 5.82 Å². The summed E-state index contributed by atoms with van der Waals surface area (Å²) in [5.74, 6) is -0.153. The van der Waals surface area contributed by atoms with Crippen molar-refractivity contribution >= 4 is 5.69 Å². The molecule has 1 fully saturated rings. The van der Waals surface area contributed by atoms with Crippen LogP contribution in [0.2, 0.25) is 0 Å². The van der Waals surface area contributed by atoms with E-state index in [-0.39, 0.29) is 11.9 Å². The third-order valence-electron chi connectivity index (χ3n) is 3.44. The monoisotopic (exact) mass is 252 g/mol. The number of rotatable bonds is 5. The van der Waals surface area contributed by atoms with Gasteiger partial charge in [0, 0.05) is 20.2 Å². The van der Waals surface area contributed by atoms with Gasteiger partial charge in [-0.2, -0.15) is 0 Å². The van der Waals surface area contributed by atoms with E-state index in [1.165, 1.54) is 6.07 Å². The Morgan fingerprint density at radius 2 is 2.33 bits per heavy atom. The zero-order valence-corrected chi connectivity index (χ0v) is 11.1. The van der Waals surface area contributed by atoms with E-state index in [4.69, 9.17) is 4.74 Å². The Labute approximate surface area is 108 Å². The largest absolute Gasteiger partial charge is 0.379 e. The van der Waals surface area contributed by atoms with Crippen LogP contribution < -0.4 is 10.2 Å². The molecule has 2 rings (SSSR count). The molecule has 1 aliphatic rings. The van der Waals surface area contributed by atoms with E-state index in [0.29, 0.717) is 18.8 Å². The van der Waals surface area contributed by atoms with Crippen molar-refractivity contribution in [2.24, 2.45) is 0 Å². The third kappa shape index (κ3) is 2.82. The summed E-state index contributed by atoms with van der Waals surface area (Å²) in [6.45, 7) is 5.08. The van der Waals surface area contributed by atoms with Gasteiger partial charge in [0.2, 0.25) is 0 Å². The average Bonchev–Trinajstić information content (AvgIpc) is 2.89. The summed E-state index contributed by atoms with van der Waals surface area (Å²) in [6.07, 6.45) is 0.964. The fourth-order valence-electron chi connectivity index (χ4n) is 2.37. The topological polar surface area (TPSA) is 24.5 Å². The molecule has 1 aromatic carbocycles. The molecular weight excluding hydrogens is 231 g/mol. The minimum absolute atomic E-state index is 0.153. The van der Waals surface area contributed by atoms with Crippen LogP contribution in [0, 0.1) is 5.82 Å². The van der Waals surface area contributed by atoms with E-state index < -0.39 is 0 Å². The summed E-state index contributed by atoms with van der Waals surface area (Å²) >= 11 is 0. The molecule has 0 radical (unpaired) electrons. The number of hydrogen-bond donors (Lipinski definition) is 1. The molecule has 18 heavy (non-hydrogen) atoms. The lowest BCUT2D eigenvalue weighted by Crippen LogP contribution is -2.33. The first kappa shape index (κ1) is 13.3. The van der Waals surface area contributed by atoms with Crippen molar-refractivity contribution in [3.8, 4) is 0 Å². The lowest BCUT2D eigenvalue weighted by Gasteiger charge is -2.28. The quantitative estimate of drug-likeness (QED) is 0.869. The fraction of sp³-hybridized carbons (Fsp3) is 0.571. The molecule has 100 valence electrons. The second kappa shape index (κ2) is 6.16. The van der Waals surface area contributed by atoms with Gasteiger partial charge < -0.3 is 15.0 Å². The molecule has 1 aromatic rings. The number of nitrogens with one attached hydrogen (secondary N) is 1. The molecular formula is C14H21FN2O. The van der Waals surface area contributed by atoms with Crippen molar-refractivity contribution < 1.29 is 9.13 Å². The fourth-order valence-corrected chi connectivity index (χ4v) is 2.37. The molecule has 3 nitrogen and oxygen atoms in total. The van der Waals surface area contributed by atoms with Crippen LogP contribution in [0.25, 0.3) is 0 Å². The van der Waals surface area contributed by atoms with Crippen LogP contribution in [-0.4, -0.2) is 32.8 Å². The highest BCUT2D eigenvalue weighted by atomic mass is 19.1. The second-order valence-corrected chi connectivity index (χ2v) is 4.66. The van der Waals surface area contributed by atoms with E-state index in [0.717, 1.165) is 25.1 Å². The maximum absolute atomic E-state index is 14.1. The molecule has 1 atom stereocenters. The predicted molar refractivity (Wildman–Crippen MR) is 71.4 cm³/mol. The van der Waals surface area contributed by atoms with Crippen molar-refractivity contribution in [1.82, 2.24) is 5.32 Å². The lowest BCUT2D eigenvalue weighted by molar-refractivity contribution is 0.193. The Balaban J connectivity index is 2.23. The Bertz CT molecular complexity index is 391. The standard InChI is InChI=1S/C14H21FN2O/c1-3-16-9-11-5-4-6-13(15)14(11)17(2)12-7-8-18-10-12/h4-6,12,16H,3,7-10H2,1-2H3. The molecule has 0 amide bonds. The molecule has 1 unspecified atom stereocenters. The first-order valence-corrected chi connectivity index (χ1v) is 6.52. The Hall–Kier alpha value is -1.13. The van der Waals surface area contributed by atoms with E-state index >= 15 is 0 Å². The highest BCUT2D eigenvalue weighted by Crippen LogP contribution is 2.27. The highest BCUT2D eigenvalue weighted by molar-refractivity contribution is 5.55. The van der Waals surface area contributed by atoms with Crippen molar-refractivity contribution in [3.63, 3.8) is 0 Å². The summed E-state index contributed by atoms with van der Waals surface area (Å²) in [4.78, 5) is 2.02. The first-order valence-electron chi connectivity index (χ1n) is 6.52. The van der Waals surface area contributed by atoms with Crippen LogP contribution in [0.15, 0.2) is 18.2 Å². The molecule has 0 aliphatic carbocycles. The number of anilines is 1. The summed E-state index contributed by atoms with van der Waals surface area (Å²) in [6, 6.07) is 5.55. The maximum atomic E-state index is 14.1. The van der Waals surface area contributed by atoms with Crippen LogP contribution in [-0.2, 0) is 11.3 Å². The third-order valence-corrected chi connectivity index (χ3v) is 3.44. The van der Waals surface area contributed by atoms with Crippen molar-refractivity contribution in [2.45, 2.75) is 25.9 Å². The number of para-hydroxylation sites is 1. The summed E-state index contributed by atoms with van der Waals surface area (Å²) < 4.78 is 19.5. The zero-order valence-electron chi connectivity index (χ0n) is 11.1. The summed E-state index contributed by atoms with van der Waals surface area (Å²) in [5, 5.41) is 3.25. The molecule has 1 saturated heterocycles. The van der Waals surface area contributed by atoms with Gasteiger partial charge in [0.15, 0.2) is 0 Å². The molecule has 1 aliphatic heterocycles. The lowest BCUT2D eigenvalue weighted by atomic mass is 10.1. The predicted octanol–water partition coefficient (Wildman–Crippen LogP) is 2.16. The molecule has 0 bridgehead atoms. The molecule has 0 aromatic heterocycles. The van der Waals surface area contributed by atoms with Crippen molar-refractivity contribution in [2.75, 3.05) is 31.7 Å². The smallest absolute Gasteiger partial charge is 0.146 e. The summed E-state index contributed by atoms with van der Waals surface area (Å²) in [5.41, 5.74) is 1.71. The number of benzene rings is 1. The van der Waals surface area contributed by atoms with Gasteiger partial charge in [-0.05, 0) is 24.6 Å². The van der Waals surface area contributed by atoms with Crippen LogP contribution in [0.3, 0.4) is 0 Å². The van der Waals surface area contributed by atoms with E-state index in [2.05, 4.69) is 5.32 Å². The Morgan fingerprint density at radius 1 is 1.50 bits per heavy atom. The van der Waals surface area contributed by atoms with Gasteiger partial charge in [0.05, 0.1) is 18.3 Å². The van der Waals surface area contributed by atoms with E-state index in [1.807, 2.05) is 24.9 Å². The molecule has 0 saturated carbocycles. The van der Waals surface area contributed by atoms with Gasteiger partial charge >= 0.3 is 0 Å². The van der Waals surface area contributed by atoms with Gasteiger partial charge in [-0.15, -0.1) is 0 Å². The van der Waals surface area contributed by atoms with Crippen LogP contribution in [0.5, 0.6) is 0 Å². The molecule has 4 heteroatoms. The van der Waals surface area contributed by atoms with Crippen LogP contribution in [0.1, 0.15) is 18.9 Å². The van der Waals surface area contributed by atoms with Gasteiger partial charge in [-0.3, -0.25) is 0 Å². The number of nitrogens with zero attached hydrogens (tertiary/aromatic N) is 1.